The number of imide groups is 1. The molecule has 0 aromatic heterocycles. The summed E-state index contributed by atoms with van der Waals surface area (Å²) in [4.78, 5) is 72.4. The van der Waals surface area contributed by atoms with E-state index in [4.69, 9.17) is 18.9 Å². The number of aliphatic hydroxyl groups is 1. The molecule has 2 fully saturated rings. The summed E-state index contributed by atoms with van der Waals surface area (Å²) in [5, 5.41) is 13.4. The van der Waals surface area contributed by atoms with Crippen molar-refractivity contribution < 1.29 is 43.2 Å². The molecule has 0 aliphatic carbocycles. The number of amides is 4. The second kappa shape index (κ2) is 22.9. The van der Waals surface area contributed by atoms with Gasteiger partial charge in [-0.3, -0.25) is 24.2 Å². The maximum Gasteiger partial charge on any atom is 0.329 e. The van der Waals surface area contributed by atoms with Crippen LogP contribution >= 0.6 is 0 Å². The first-order valence-corrected chi connectivity index (χ1v) is 27.0. The third kappa shape index (κ3) is 9.71. The van der Waals surface area contributed by atoms with Crippen molar-refractivity contribution in [3.63, 3.8) is 0 Å². The molecule has 406 valence electrons. The van der Waals surface area contributed by atoms with E-state index < -0.39 is 65.4 Å². The van der Waals surface area contributed by atoms with Crippen LogP contribution in [-0.2, 0) is 44.0 Å². The minimum atomic E-state index is -2.08. The number of nitrogens with zero attached hydrogens (tertiary/aromatic N) is 4. The quantitative estimate of drug-likeness (QED) is 0.0793. The van der Waals surface area contributed by atoms with E-state index in [0.717, 1.165) is 32.7 Å². The zero-order chi connectivity index (χ0) is 55.5. The molecule has 4 heterocycles. The van der Waals surface area contributed by atoms with Crippen molar-refractivity contribution in [1.29, 1.82) is 0 Å². The molecule has 4 amide bonds. The number of para-hydroxylation sites is 1. The molecule has 0 radical (unpaired) electrons. The number of hydrogen-bond donors (Lipinski definition) is 2. The van der Waals surface area contributed by atoms with Gasteiger partial charge in [-0.15, -0.1) is 0 Å². The van der Waals surface area contributed by atoms with Crippen LogP contribution in [0.2, 0.25) is 0 Å². The summed E-state index contributed by atoms with van der Waals surface area (Å²) in [6.07, 6.45) is -0.517. The standard InChI is InChI=1S/C66H63N5O9/c1-43(46-23-11-6-12-24-46)67-65(76)70-53-32-31-44(22-19-34-68(2)41-45-20-9-5-10-21-45)38-52(53)66(64(70)75)57(62(73)69-35-33-49-39-55(77-3)56(78-4)40-50(49)42-69)59-63(74)80-60(48-27-15-8-16-28-48)58(47-25-13-7-14-26-47)71(59)61(66)51-29-17-18-30-54(51)79-37-36-72/h5-18,20-21,23-32,38-40,43,57-61,72H,33-37,41-42H2,1-4H3,(H,67,76)/t43-,57-,58-,59-,60+,61+,66-/m1/s1. The molecule has 0 bridgehead atoms. The summed E-state index contributed by atoms with van der Waals surface area (Å²) in [7, 11) is 5.13. The average molecular weight is 1070 g/mol. The lowest BCUT2D eigenvalue weighted by atomic mass is 9.64. The molecule has 7 aromatic carbocycles. The first-order valence-electron chi connectivity index (χ1n) is 27.0. The zero-order valence-corrected chi connectivity index (χ0v) is 45.2. The van der Waals surface area contributed by atoms with Crippen LogP contribution in [0.3, 0.4) is 0 Å². The number of benzene rings is 7. The van der Waals surface area contributed by atoms with E-state index in [9.17, 15) is 5.11 Å². The van der Waals surface area contributed by atoms with E-state index in [-0.39, 0.29) is 32.0 Å². The molecule has 7 aromatic rings. The molecule has 0 unspecified atom stereocenters. The molecule has 11 rings (SSSR count). The third-order valence-corrected chi connectivity index (χ3v) is 16.0. The highest BCUT2D eigenvalue weighted by Crippen LogP contribution is 2.67. The van der Waals surface area contributed by atoms with E-state index in [0.29, 0.717) is 59.0 Å². The molecule has 2 N–H and O–H groups in total. The molecule has 4 aliphatic rings. The van der Waals surface area contributed by atoms with Crippen molar-refractivity contribution in [3.8, 4) is 29.1 Å². The van der Waals surface area contributed by atoms with Gasteiger partial charge in [0, 0.05) is 30.8 Å². The summed E-state index contributed by atoms with van der Waals surface area (Å²) >= 11 is 0. The Bertz CT molecular complexity index is 3480. The van der Waals surface area contributed by atoms with E-state index >= 15 is 19.2 Å². The highest BCUT2D eigenvalue weighted by molar-refractivity contribution is 6.25. The predicted octanol–water partition coefficient (Wildman–Crippen LogP) is 9.28. The van der Waals surface area contributed by atoms with Crippen LogP contribution in [0.4, 0.5) is 10.5 Å². The summed E-state index contributed by atoms with van der Waals surface area (Å²) in [5.41, 5.74) is 4.65. The Kier molecular flexibility index (Phi) is 15.3. The largest absolute Gasteiger partial charge is 0.493 e. The van der Waals surface area contributed by atoms with Gasteiger partial charge in [0.1, 0.15) is 29.9 Å². The van der Waals surface area contributed by atoms with E-state index in [2.05, 4.69) is 34.2 Å². The number of cyclic esters (lactones) is 1. The fraction of sp³-hybridized carbons (Fsp3) is 0.273. The van der Waals surface area contributed by atoms with Gasteiger partial charge in [-0.1, -0.05) is 151 Å². The SMILES string of the molecule is COc1cc2c(cc1OC)CN(C(=O)[C@H]1[C@@H]3C(=O)O[C@@H](c4ccccc4)[C@@H](c4ccccc4)N3[C@@H](c3ccccc3OCCO)[C@]13C(=O)N(C(=O)N[C@H](C)c1ccccc1)c1ccc(C#CCN(C)Cc4ccccc4)cc13)CC2. The number of morpholine rings is 1. The molecule has 14 heteroatoms. The first-order chi connectivity index (χ1) is 39.0. The Morgan fingerprint density at radius 2 is 1.41 bits per heavy atom. The molecule has 0 saturated carbocycles. The van der Waals surface area contributed by atoms with Crippen LogP contribution in [0, 0.1) is 17.8 Å². The van der Waals surface area contributed by atoms with Crippen molar-refractivity contribution in [2.24, 2.45) is 5.92 Å². The highest BCUT2D eigenvalue weighted by Gasteiger charge is 2.76. The zero-order valence-electron chi connectivity index (χ0n) is 45.2. The number of rotatable bonds is 14. The lowest BCUT2D eigenvalue weighted by Gasteiger charge is -2.46. The molecule has 2 saturated heterocycles. The summed E-state index contributed by atoms with van der Waals surface area (Å²) < 4.78 is 24.7. The Morgan fingerprint density at radius 1 is 0.775 bits per heavy atom. The fourth-order valence-corrected chi connectivity index (χ4v) is 12.5. The van der Waals surface area contributed by atoms with Crippen molar-refractivity contribution in [3.05, 3.63) is 226 Å². The number of ether oxygens (including phenoxy) is 4. The number of aliphatic hydroxyl groups excluding tert-OH is 1. The van der Waals surface area contributed by atoms with Crippen LogP contribution in [0.15, 0.2) is 176 Å². The lowest BCUT2D eigenvalue weighted by Crippen LogP contribution is -2.57. The van der Waals surface area contributed by atoms with E-state index in [1.165, 1.54) is 0 Å². The van der Waals surface area contributed by atoms with Crippen molar-refractivity contribution in [2.75, 3.05) is 52.5 Å². The van der Waals surface area contributed by atoms with E-state index in [1.807, 2.05) is 158 Å². The van der Waals surface area contributed by atoms with E-state index in [1.54, 1.807) is 43.4 Å². The van der Waals surface area contributed by atoms with Crippen molar-refractivity contribution in [1.82, 2.24) is 20.0 Å². The maximum absolute atomic E-state index is 17.2. The molecule has 7 atom stereocenters. The van der Waals surface area contributed by atoms with Gasteiger partial charge < -0.3 is 34.3 Å². The van der Waals surface area contributed by atoms with Gasteiger partial charge in [0.15, 0.2) is 11.5 Å². The number of carbonyl (C=O) groups excluding carboxylic acids is 4. The van der Waals surface area contributed by atoms with Crippen LogP contribution in [0.1, 0.15) is 81.2 Å². The molecule has 1 spiro atoms. The number of anilines is 1. The van der Waals surface area contributed by atoms with Crippen LogP contribution in [0.25, 0.3) is 0 Å². The number of methoxy groups -OCH3 is 2. The fourth-order valence-electron chi connectivity index (χ4n) is 12.5. The second-order valence-electron chi connectivity index (χ2n) is 20.8. The smallest absolute Gasteiger partial charge is 0.329 e. The molecular weight excluding hydrogens is 1010 g/mol. The monoisotopic (exact) mass is 1070 g/mol. The van der Waals surface area contributed by atoms with Gasteiger partial charge in [-0.25, -0.2) is 9.69 Å². The Labute approximate surface area is 466 Å². The number of nitrogens with one attached hydrogen (secondary N) is 1. The number of hydrogen-bond acceptors (Lipinski definition) is 11. The lowest BCUT2D eigenvalue weighted by molar-refractivity contribution is -0.179. The van der Waals surface area contributed by atoms with Gasteiger partial charge in [-0.05, 0) is 95.7 Å². The van der Waals surface area contributed by atoms with Gasteiger partial charge in [0.2, 0.25) is 11.8 Å². The summed E-state index contributed by atoms with van der Waals surface area (Å²) in [6.45, 7) is 2.82. The number of fused-ring (bicyclic) bond motifs is 4. The molecule has 4 aliphatic heterocycles. The van der Waals surface area contributed by atoms with Gasteiger partial charge >= 0.3 is 12.0 Å². The van der Waals surface area contributed by atoms with Crippen LogP contribution in [-0.4, -0.2) is 97.2 Å². The normalized spacial score (nSPS) is 21.4. The Morgan fingerprint density at radius 3 is 2.10 bits per heavy atom. The second-order valence-corrected chi connectivity index (χ2v) is 20.8. The van der Waals surface area contributed by atoms with Crippen molar-refractivity contribution >= 4 is 29.5 Å². The molecular formula is C66H63N5O9. The summed E-state index contributed by atoms with van der Waals surface area (Å²) in [6, 6.07) is 50.3. The predicted molar refractivity (Wildman–Crippen MR) is 303 cm³/mol. The van der Waals surface area contributed by atoms with Crippen LogP contribution < -0.4 is 24.4 Å². The highest BCUT2D eigenvalue weighted by atomic mass is 16.6. The summed E-state index contributed by atoms with van der Waals surface area (Å²) in [5.74, 6) is 4.65. The first kappa shape index (κ1) is 53.3. The number of urea groups is 1. The number of carbonyl (C=O) groups is 4. The molecule has 80 heavy (non-hydrogen) atoms. The Balaban J connectivity index is 1.17. The maximum atomic E-state index is 17.2. The third-order valence-electron chi connectivity index (χ3n) is 16.0. The van der Waals surface area contributed by atoms with Crippen molar-refractivity contribution in [2.45, 2.75) is 62.1 Å². The Hall–Kier alpha value is -8.74. The minimum Gasteiger partial charge on any atom is -0.493 e. The topological polar surface area (TPSA) is 150 Å². The average Bonchev–Trinajstić information content (AvgIpc) is 1.90. The number of esters is 1. The van der Waals surface area contributed by atoms with Gasteiger partial charge in [-0.2, -0.15) is 0 Å². The minimum absolute atomic E-state index is 0.102. The van der Waals surface area contributed by atoms with Crippen LogP contribution in [0.5, 0.6) is 17.2 Å². The molecule has 14 nitrogen and oxygen atoms in total. The van der Waals surface area contributed by atoms with Gasteiger partial charge in [0.05, 0.1) is 57.1 Å². The van der Waals surface area contributed by atoms with Gasteiger partial charge in [0.25, 0.3) is 0 Å².